The van der Waals surface area contributed by atoms with Crippen molar-refractivity contribution in [3.8, 4) is 5.69 Å². The molecule has 0 saturated carbocycles. The van der Waals surface area contributed by atoms with Gasteiger partial charge in [0.05, 0.1) is 16.3 Å². The molecule has 0 N–H and O–H groups in total. The number of carbonyl (C=O) groups excluding carboxylic acids is 1. The molecule has 3 aromatic rings. The van der Waals surface area contributed by atoms with E-state index >= 15 is 0 Å². The number of hydrogen-bond donors (Lipinski definition) is 0. The Kier molecular flexibility index (Phi) is 5.61. The fourth-order valence-electron chi connectivity index (χ4n) is 3.77. The van der Waals surface area contributed by atoms with E-state index in [2.05, 4.69) is 21.0 Å². The molecule has 2 heterocycles. The van der Waals surface area contributed by atoms with Gasteiger partial charge >= 0.3 is 5.69 Å². The number of carbonyl (C=O) groups is 1. The minimum Gasteiger partial charge on any atom is -0.338 e. The Morgan fingerprint density at radius 3 is 2.72 bits per heavy atom. The van der Waals surface area contributed by atoms with Gasteiger partial charge in [0, 0.05) is 30.5 Å². The maximum absolute atomic E-state index is 13.1. The van der Waals surface area contributed by atoms with Crippen molar-refractivity contribution < 1.29 is 4.79 Å². The standard InChI is InChI=1S/C21H20BrClN4O2/c1-25-21(29)27(16-7-3-2-4-8-16)19(24-25)14-6-5-11-26(13-14)20(28)17-12-15(22)9-10-18(17)23/h2-4,7-10,12,14H,5-6,11,13H2,1H3. The molecule has 6 nitrogen and oxygen atoms in total. The molecule has 4 rings (SSSR count). The molecule has 1 unspecified atom stereocenters. The molecule has 0 spiro atoms. The van der Waals surface area contributed by atoms with E-state index in [9.17, 15) is 9.59 Å². The Morgan fingerprint density at radius 1 is 1.21 bits per heavy atom. The highest BCUT2D eigenvalue weighted by atomic mass is 79.9. The highest BCUT2D eigenvalue weighted by Gasteiger charge is 2.30. The average molecular weight is 476 g/mol. The highest BCUT2D eigenvalue weighted by Crippen LogP contribution is 2.29. The third-order valence-electron chi connectivity index (χ3n) is 5.20. The maximum Gasteiger partial charge on any atom is 0.350 e. The fourth-order valence-corrected chi connectivity index (χ4v) is 4.33. The molecule has 2 aromatic carbocycles. The Hall–Kier alpha value is -2.38. The van der Waals surface area contributed by atoms with Crippen molar-refractivity contribution in [1.82, 2.24) is 19.2 Å². The van der Waals surface area contributed by atoms with Gasteiger partial charge in [-0.15, -0.1) is 0 Å². The molecule has 29 heavy (non-hydrogen) atoms. The van der Waals surface area contributed by atoms with E-state index < -0.39 is 0 Å². The molecule has 1 fully saturated rings. The minimum atomic E-state index is -0.190. The van der Waals surface area contributed by atoms with E-state index in [4.69, 9.17) is 11.6 Å². The number of para-hydroxylation sites is 1. The second-order valence-corrected chi connectivity index (χ2v) is 8.47. The first-order valence-electron chi connectivity index (χ1n) is 9.41. The van der Waals surface area contributed by atoms with Gasteiger partial charge in [0.2, 0.25) is 0 Å². The first-order valence-corrected chi connectivity index (χ1v) is 10.6. The normalized spacial score (nSPS) is 16.8. The summed E-state index contributed by atoms with van der Waals surface area (Å²) in [6, 6.07) is 14.7. The van der Waals surface area contributed by atoms with Crippen LogP contribution in [0.3, 0.4) is 0 Å². The van der Waals surface area contributed by atoms with E-state index in [1.807, 2.05) is 36.4 Å². The van der Waals surface area contributed by atoms with Crippen molar-refractivity contribution in [1.29, 1.82) is 0 Å². The van der Waals surface area contributed by atoms with Gasteiger partial charge in [-0.1, -0.05) is 45.7 Å². The number of benzene rings is 2. The predicted molar refractivity (Wildman–Crippen MR) is 116 cm³/mol. The van der Waals surface area contributed by atoms with Crippen LogP contribution in [0, 0.1) is 0 Å². The van der Waals surface area contributed by atoms with Crippen LogP contribution in [-0.4, -0.2) is 38.2 Å². The smallest absolute Gasteiger partial charge is 0.338 e. The molecule has 1 amide bonds. The van der Waals surface area contributed by atoms with Crippen molar-refractivity contribution in [2.45, 2.75) is 18.8 Å². The maximum atomic E-state index is 13.1. The molecular formula is C21H20BrClN4O2. The molecule has 1 aromatic heterocycles. The van der Waals surface area contributed by atoms with Crippen LogP contribution in [-0.2, 0) is 7.05 Å². The van der Waals surface area contributed by atoms with Gasteiger partial charge in [0.15, 0.2) is 0 Å². The Bertz CT molecular complexity index is 1110. The molecule has 0 aliphatic carbocycles. The molecule has 1 aliphatic heterocycles. The number of aryl methyl sites for hydroxylation is 1. The number of piperidine rings is 1. The summed E-state index contributed by atoms with van der Waals surface area (Å²) >= 11 is 9.67. The number of amides is 1. The number of halogens is 2. The zero-order chi connectivity index (χ0) is 20.5. The SMILES string of the molecule is Cn1nc(C2CCCN(C(=O)c3cc(Br)ccc3Cl)C2)n(-c2ccccc2)c1=O. The van der Waals surface area contributed by atoms with Crippen LogP contribution in [0.25, 0.3) is 5.69 Å². The molecule has 1 saturated heterocycles. The molecule has 150 valence electrons. The first kappa shape index (κ1) is 19.9. The molecule has 0 bridgehead atoms. The van der Waals surface area contributed by atoms with Gasteiger partial charge in [-0.2, -0.15) is 5.10 Å². The van der Waals surface area contributed by atoms with E-state index in [0.717, 1.165) is 23.0 Å². The van der Waals surface area contributed by atoms with Gasteiger partial charge in [-0.3, -0.25) is 4.79 Å². The van der Waals surface area contributed by atoms with E-state index in [0.29, 0.717) is 29.5 Å². The number of hydrogen-bond acceptors (Lipinski definition) is 3. The number of likely N-dealkylation sites (tertiary alicyclic amines) is 1. The Morgan fingerprint density at radius 2 is 1.97 bits per heavy atom. The highest BCUT2D eigenvalue weighted by molar-refractivity contribution is 9.10. The van der Waals surface area contributed by atoms with Crippen LogP contribution in [0.15, 0.2) is 57.8 Å². The topological polar surface area (TPSA) is 60.1 Å². The summed E-state index contributed by atoms with van der Waals surface area (Å²) in [5.41, 5.74) is 1.06. The third-order valence-corrected chi connectivity index (χ3v) is 6.02. The second-order valence-electron chi connectivity index (χ2n) is 7.15. The summed E-state index contributed by atoms with van der Waals surface area (Å²) in [5, 5.41) is 4.93. The van der Waals surface area contributed by atoms with Gasteiger partial charge < -0.3 is 4.90 Å². The second kappa shape index (κ2) is 8.16. The van der Waals surface area contributed by atoms with Gasteiger partial charge in [-0.25, -0.2) is 14.0 Å². The Labute approximate surface area is 181 Å². The number of aromatic nitrogens is 3. The van der Waals surface area contributed by atoms with Crippen LogP contribution in [0.2, 0.25) is 5.02 Å². The quantitative estimate of drug-likeness (QED) is 0.575. The first-order chi connectivity index (χ1) is 14.0. The Balaban J connectivity index is 1.66. The summed E-state index contributed by atoms with van der Waals surface area (Å²) in [6.07, 6.45) is 1.70. The van der Waals surface area contributed by atoms with Gasteiger partial charge in [0.25, 0.3) is 5.91 Å². The third kappa shape index (κ3) is 3.89. The van der Waals surface area contributed by atoms with Crippen molar-refractivity contribution >= 4 is 33.4 Å². The van der Waals surface area contributed by atoms with Crippen LogP contribution in [0.4, 0.5) is 0 Å². The van der Waals surface area contributed by atoms with E-state index in [1.165, 1.54) is 4.68 Å². The molecule has 8 heteroatoms. The minimum absolute atomic E-state index is 0.0345. The van der Waals surface area contributed by atoms with Gasteiger partial charge in [0.1, 0.15) is 5.82 Å². The van der Waals surface area contributed by atoms with E-state index in [-0.39, 0.29) is 17.5 Å². The number of rotatable bonds is 3. The summed E-state index contributed by atoms with van der Waals surface area (Å²) in [5.74, 6) is 0.541. The van der Waals surface area contributed by atoms with Crippen molar-refractivity contribution in [2.75, 3.05) is 13.1 Å². The monoisotopic (exact) mass is 474 g/mol. The van der Waals surface area contributed by atoms with Crippen LogP contribution >= 0.6 is 27.5 Å². The average Bonchev–Trinajstić information content (AvgIpc) is 3.04. The fraction of sp³-hybridized carbons (Fsp3) is 0.286. The molecule has 0 radical (unpaired) electrons. The summed E-state index contributed by atoms with van der Waals surface area (Å²) in [7, 11) is 1.65. The van der Waals surface area contributed by atoms with Crippen LogP contribution in [0.5, 0.6) is 0 Å². The zero-order valence-corrected chi connectivity index (χ0v) is 18.2. The lowest BCUT2D eigenvalue weighted by atomic mass is 9.96. The van der Waals surface area contributed by atoms with Crippen LogP contribution < -0.4 is 5.69 Å². The largest absolute Gasteiger partial charge is 0.350 e. The summed E-state index contributed by atoms with van der Waals surface area (Å²) in [6.45, 7) is 1.14. The number of nitrogens with zero attached hydrogens (tertiary/aromatic N) is 4. The van der Waals surface area contributed by atoms with E-state index in [1.54, 1.807) is 28.6 Å². The lowest BCUT2D eigenvalue weighted by molar-refractivity contribution is 0.0704. The molecule has 1 atom stereocenters. The van der Waals surface area contributed by atoms with Crippen LogP contribution in [0.1, 0.15) is 34.9 Å². The van der Waals surface area contributed by atoms with Crippen molar-refractivity contribution in [3.63, 3.8) is 0 Å². The summed E-state index contributed by atoms with van der Waals surface area (Å²) in [4.78, 5) is 27.6. The zero-order valence-electron chi connectivity index (χ0n) is 15.9. The lowest BCUT2D eigenvalue weighted by Gasteiger charge is -2.32. The van der Waals surface area contributed by atoms with Crippen molar-refractivity contribution in [3.05, 3.63) is 79.9 Å². The lowest BCUT2D eigenvalue weighted by Crippen LogP contribution is -2.40. The predicted octanol–water partition coefficient (Wildman–Crippen LogP) is 4.01. The molecular weight excluding hydrogens is 456 g/mol. The van der Waals surface area contributed by atoms with Crippen molar-refractivity contribution in [2.24, 2.45) is 7.05 Å². The van der Waals surface area contributed by atoms with Gasteiger partial charge in [-0.05, 0) is 43.2 Å². The summed E-state index contributed by atoms with van der Waals surface area (Å²) < 4.78 is 3.81. The molecule has 1 aliphatic rings.